The molecule has 144 valence electrons. The molecule has 0 aliphatic carbocycles. The van der Waals surface area contributed by atoms with Gasteiger partial charge >= 0.3 is 0 Å². The second-order valence-corrected chi connectivity index (χ2v) is 7.13. The van der Waals surface area contributed by atoms with E-state index < -0.39 is 0 Å². The average Bonchev–Trinajstić information content (AvgIpc) is 3.04. The Balaban J connectivity index is 1.42. The maximum atomic E-state index is 12.2. The van der Waals surface area contributed by atoms with Crippen molar-refractivity contribution in [3.05, 3.63) is 52.3 Å². The summed E-state index contributed by atoms with van der Waals surface area (Å²) in [6.45, 7) is 5.09. The van der Waals surface area contributed by atoms with Crippen LogP contribution in [0.2, 0.25) is 5.02 Å². The zero-order valence-electron chi connectivity index (χ0n) is 15.4. The van der Waals surface area contributed by atoms with Gasteiger partial charge in [-0.15, -0.1) is 0 Å². The number of rotatable bonds is 7. The van der Waals surface area contributed by atoms with Crippen LogP contribution in [0, 0.1) is 0 Å². The van der Waals surface area contributed by atoms with Gasteiger partial charge in [-0.3, -0.25) is 19.2 Å². The molecule has 8 heteroatoms. The Morgan fingerprint density at radius 2 is 1.96 bits per heavy atom. The number of nitrogens with zero attached hydrogens (tertiary/aromatic N) is 3. The summed E-state index contributed by atoms with van der Waals surface area (Å²) in [5.41, 5.74) is 3.05. The van der Waals surface area contributed by atoms with Crippen molar-refractivity contribution >= 4 is 23.4 Å². The molecule has 3 rings (SSSR count). The van der Waals surface area contributed by atoms with Crippen molar-refractivity contribution in [2.24, 2.45) is 0 Å². The van der Waals surface area contributed by atoms with Gasteiger partial charge in [0.2, 0.25) is 11.8 Å². The molecular formula is C19H24ClN5O2. The van der Waals surface area contributed by atoms with Gasteiger partial charge in [0.15, 0.2) is 0 Å². The average molecular weight is 390 g/mol. The number of hydrogen-bond donors (Lipinski definition) is 2. The number of benzene rings is 1. The van der Waals surface area contributed by atoms with Gasteiger partial charge in [0.25, 0.3) is 0 Å². The van der Waals surface area contributed by atoms with E-state index in [1.165, 1.54) is 6.92 Å². The number of hydrogen-bond acceptors (Lipinski definition) is 4. The molecule has 2 N–H and O–H groups in total. The minimum Gasteiger partial charge on any atom is -0.355 e. The number of amides is 2. The highest BCUT2D eigenvalue weighted by Crippen LogP contribution is 2.13. The minimum absolute atomic E-state index is 0.0235. The van der Waals surface area contributed by atoms with Crippen LogP contribution in [0.25, 0.3) is 0 Å². The summed E-state index contributed by atoms with van der Waals surface area (Å²) in [7, 11) is 0. The van der Waals surface area contributed by atoms with E-state index in [1.54, 1.807) is 0 Å². The number of carbonyl (C=O) groups is 2. The van der Waals surface area contributed by atoms with Gasteiger partial charge in [0.1, 0.15) is 0 Å². The third kappa shape index (κ3) is 5.80. The van der Waals surface area contributed by atoms with Gasteiger partial charge in [-0.2, -0.15) is 5.10 Å². The van der Waals surface area contributed by atoms with Gasteiger partial charge in [0, 0.05) is 31.6 Å². The van der Waals surface area contributed by atoms with Crippen LogP contribution >= 0.6 is 11.6 Å². The van der Waals surface area contributed by atoms with Gasteiger partial charge in [-0.25, -0.2) is 0 Å². The number of fused-ring (bicyclic) bond motifs is 1. The molecule has 0 saturated carbocycles. The molecule has 0 fully saturated rings. The van der Waals surface area contributed by atoms with E-state index in [0.717, 1.165) is 36.5 Å². The summed E-state index contributed by atoms with van der Waals surface area (Å²) in [6.07, 6.45) is 0.780. The Labute approximate surface area is 163 Å². The van der Waals surface area contributed by atoms with Crippen LogP contribution in [0.1, 0.15) is 23.9 Å². The molecule has 27 heavy (non-hydrogen) atoms. The number of nitrogens with one attached hydrogen (secondary N) is 2. The quantitative estimate of drug-likeness (QED) is 0.749. The van der Waals surface area contributed by atoms with Crippen molar-refractivity contribution in [2.45, 2.75) is 33.0 Å². The SMILES string of the molecule is CC(=O)NCc1cc2n(n1)CCN(CC(=O)NCCc1ccc(Cl)cc1)C2. The van der Waals surface area contributed by atoms with Crippen LogP contribution in [-0.4, -0.2) is 46.1 Å². The molecule has 0 radical (unpaired) electrons. The van der Waals surface area contributed by atoms with E-state index in [-0.39, 0.29) is 11.8 Å². The predicted octanol–water partition coefficient (Wildman–Crippen LogP) is 1.35. The topological polar surface area (TPSA) is 79.3 Å². The normalized spacial score (nSPS) is 13.9. The molecule has 0 spiro atoms. The molecule has 1 aromatic carbocycles. The van der Waals surface area contributed by atoms with Crippen LogP contribution in [0.5, 0.6) is 0 Å². The molecule has 2 heterocycles. The monoisotopic (exact) mass is 389 g/mol. The summed E-state index contributed by atoms with van der Waals surface area (Å²) in [5, 5.41) is 10.9. The first kappa shape index (κ1) is 19.4. The van der Waals surface area contributed by atoms with Gasteiger partial charge in [0.05, 0.1) is 31.0 Å². The smallest absolute Gasteiger partial charge is 0.234 e. The highest BCUT2D eigenvalue weighted by molar-refractivity contribution is 6.30. The Morgan fingerprint density at radius 3 is 2.70 bits per heavy atom. The third-order valence-electron chi connectivity index (χ3n) is 4.46. The lowest BCUT2D eigenvalue weighted by molar-refractivity contribution is -0.122. The zero-order valence-corrected chi connectivity index (χ0v) is 16.1. The zero-order chi connectivity index (χ0) is 19.2. The fraction of sp³-hybridized carbons (Fsp3) is 0.421. The van der Waals surface area contributed by atoms with E-state index in [0.29, 0.717) is 31.2 Å². The van der Waals surface area contributed by atoms with Crippen molar-refractivity contribution in [1.29, 1.82) is 0 Å². The molecule has 0 bridgehead atoms. The Bertz CT molecular complexity index is 803. The fourth-order valence-corrected chi connectivity index (χ4v) is 3.20. The van der Waals surface area contributed by atoms with Gasteiger partial charge in [-0.1, -0.05) is 23.7 Å². The van der Waals surface area contributed by atoms with Crippen LogP contribution in [0.4, 0.5) is 0 Å². The van der Waals surface area contributed by atoms with Crippen LogP contribution in [0.15, 0.2) is 30.3 Å². The molecular weight excluding hydrogens is 366 g/mol. The van der Waals surface area contributed by atoms with Crippen molar-refractivity contribution in [3.63, 3.8) is 0 Å². The Morgan fingerprint density at radius 1 is 1.19 bits per heavy atom. The van der Waals surface area contributed by atoms with Crippen molar-refractivity contribution in [2.75, 3.05) is 19.6 Å². The first-order valence-electron chi connectivity index (χ1n) is 9.03. The van der Waals surface area contributed by atoms with Gasteiger partial charge < -0.3 is 10.6 Å². The Kier molecular flexibility index (Phi) is 6.47. The molecule has 0 unspecified atom stereocenters. The number of halogens is 1. The van der Waals surface area contributed by atoms with Crippen molar-refractivity contribution in [3.8, 4) is 0 Å². The lowest BCUT2D eigenvalue weighted by Crippen LogP contribution is -2.41. The summed E-state index contributed by atoms with van der Waals surface area (Å²) in [5.74, 6) is -0.0479. The molecule has 7 nitrogen and oxygen atoms in total. The summed E-state index contributed by atoms with van der Waals surface area (Å²) in [6, 6.07) is 9.64. The molecule has 2 aromatic rings. The van der Waals surface area contributed by atoms with E-state index >= 15 is 0 Å². The first-order valence-corrected chi connectivity index (χ1v) is 9.41. The van der Waals surface area contributed by atoms with E-state index in [4.69, 9.17) is 11.6 Å². The predicted molar refractivity (Wildman–Crippen MR) is 103 cm³/mol. The van der Waals surface area contributed by atoms with Crippen LogP contribution in [0.3, 0.4) is 0 Å². The summed E-state index contributed by atoms with van der Waals surface area (Å²) >= 11 is 5.87. The molecule has 2 amide bonds. The maximum absolute atomic E-state index is 12.2. The lowest BCUT2D eigenvalue weighted by Gasteiger charge is -2.26. The van der Waals surface area contributed by atoms with E-state index in [1.807, 2.05) is 35.0 Å². The van der Waals surface area contributed by atoms with E-state index in [2.05, 4.69) is 20.6 Å². The largest absolute Gasteiger partial charge is 0.355 e. The number of aromatic nitrogens is 2. The molecule has 0 atom stereocenters. The van der Waals surface area contributed by atoms with Crippen molar-refractivity contribution in [1.82, 2.24) is 25.3 Å². The number of carbonyl (C=O) groups excluding carboxylic acids is 2. The standard InChI is InChI=1S/C19H24ClN5O2/c1-14(26)22-11-17-10-18-12-24(8-9-25(18)23-17)13-19(27)21-7-6-15-2-4-16(20)5-3-15/h2-5,10H,6-9,11-13H2,1H3,(H,21,27)(H,22,26). The fourth-order valence-electron chi connectivity index (χ4n) is 3.07. The van der Waals surface area contributed by atoms with E-state index in [9.17, 15) is 9.59 Å². The van der Waals surface area contributed by atoms with Crippen molar-refractivity contribution < 1.29 is 9.59 Å². The molecule has 0 saturated heterocycles. The molecule has 1 aromatic heterocycles. The van der Waals surface area contributed by atoms with Gasteiger partial charge in [-0.05, 0) is 30.2 Å². The first-order chi connectivity index (χ1) is 13.0. The minimum atomic E-state index is -0.0714. The second kappa shape index (κ2) is 9.01. The summed E-state index contributed by atoms with van der Waals surface area (Å²) in [4.78, 5) is 25.3. The van der Waals surface area contributed by atoms with Crippen LogP contribution < -0.4 is 10.6 Å². The molecule has 1 aliphatic heterocycles. The van der Waals surface area contributed by atoms with Crippen LogP contribution in [-0.2, 0) is 35.6 Å². The lowest BCUT2D eigenvalue weighted by atomic mass is 10.1. The highest BCUT2D eigenvalue weighted by atomic mass is 35.5. The maximum Gasteiger partial charge on any atom is 0.234 e. The Hall–Kier alpha value is -2.38. The second-order valence-electron chi connectivity index (χ2n) is 6.70. The summed E-state index contributed by atoms with van der Waals surface area (Å²) < 4.78 is 1.95. The molecule has 1 aliphatic rings. The highest BCUT2D eigenvalue weighted by Gasteiger charge is 2.20. The third-order valence-corrected chi connectivity index (χ3v) is 4.71.